The van der Waals surface area contributed by atoms with Crippen molar-refractivity contribution in [2.24, 2.45) is 0 Å². The van der Waals surface area contributed by atoms with Crippen molar-refractivity contribution in [3.05, 3.63) is 101 Å². The quantitative estimate of drug-likeness (QED) is 0.215. The molecule has 1 unspecified atom stereocenters. The molecule has 1 aliphatic carbocycles. The predicted molar refractivity (Wildman–Crippen MR) is 128 cm³/mol. The van der Waals surface area contributed by atoms with Crippen LogP contribution in [0.2, 0.25) is 0 Å². The van der Waals surface area contributed by atoms with Gasteiger partial charge >= 0.3 is 0 Å². The van der Waals surface area contributed by atoms with Gasteiger partial charge in [0.1, 0.15) is 0 Å². The first-order chi connectivity index (χ1) is 16.6. The zero-order chi connectivity index (χ0) is 23.5. The van der Waals surface area contributed by atoms with Crippen LogP contribution >= 0.6 is 0 Å². The number of hydrogen-bond donors (Lipinski definition) is 3. The number of hydroxylamine groups is 1. The molecule has 0 spiro atoms. The fourth-order valence-electron chi connectivity index (χ4n) is 4.77. The third-order valence-electron chi connectivity index (χ3n) is 6.42. The number of nitrogens with one attached hydrogen (secondary N) is 2. The van der Waals surface area contributed by atoms with Crippen LogP contribution in [-0.4, -0.2) is 33.5 Å². The molecule has 0 bridgehead atoms. The second kappa shape index (κ2) is 9.41. The molecule has 172 valence electrons. The minimum atomic E-state index is -0.578. The van der Waals surface area contributed by atoms with E-state index in [4.69, 9.17) is 9.62 Å². The lowest BCUT2D eigenvalue weighted by molar-refractivity contribution is -0.124. The number of nitrogens with zero attached hydrogens (tertiary/aromatic N) is 1. The van der Waals surface area contributed by atoms with E-state index in [2.05, 4.69) is 11.1 Å². The van der Waals surface area contributed by atoms with E-state index in [1.54, 1.807) is 23.7 Å². The number of aromatic amines is 1. The maximum atomic E-state index is 13.4. The Bertz CT molecular complexity index is 1350. The van der Waals surface area contributed by atoms with Gasteiger partial charge in [-0.05, 0) is 65.8 Å². The normalized spacial score (nSPS) is 15.0. The zero-order valence-electron chi connectivity index (χ0n) is 18.5. The van der Waals surface area contributed by atoms with Gasteiger partial charge in [-0.3, -0.25) is 14.8 Å². The van der Waals surface area contributed by atoms with Crippen LogP contribution in [-0.2, 0) is 17.6 Å². The molecule has 2 aromatic heterocycles. The maximum absolute atomic E-state index is 13.4. The number of aromatic nitrogens is 1. The van der Waals surface area contributed by atoms with Crippen LogP contribution < -0.4 is 5.48 Å². The molecule has 7 heteroatoms. The van der Waals surface area contributed by atoms with E-state index >= 15 is 0 Å². The summed E-state index contributed by atoms with van der Waals surface area (Å²) in [5, 5.41) is 9.84. The van der Waals surface area contributed by atoms with Crippen LogP contribution in [0.4, 0.5) is 0 Å². The zero-order valence-corrected chi connectivity index (χ0v) is 18.5. The van der Waals surface area contributed by atoms with Crippen molar-refractivity contribution < 1.29 is 19.2 Å². The van der Waals surface area contributed by atoms with E-state index in [1.807, 2.05) is 47.5 Å². The largest absolute Gasteiger partial charge is 0.459 e. The summed E-state index contributed by atoms with van der Waals surface area (Å²) in [6.45, 7) is 0.559. The molecule has 0 aliphatic heterocycles. The van der Waals surface area contributed by atoms with Gasteiger partial charge in [0.05, 0.1) is 12.3 Å². The first kappa shape index (κ1) is 21.7. The second-order valence-electron chi connectivity index (χ2n) is 8.41. The van der Waals surface area contributed by atoms with Crippen molar-refractivity contribution in [1.29, 1.82) is 0 Å². The molecule has 0 saturated heterocycles. The fraction of sp³-hybridized carbons (Fsp3) is 0.185. The number of aryl methyl sites for hydroxylation is 1. The Hall–Kier alpha value is -4.10. The van der Waals surface area contributed by atoms with Crippen LogP contribution in [0.3, 0.4) is 0 Å². The Labute approximate surface area is 196 Å². The van der Waals surface area contributed by atoms with Crippen LogP contribution in [0.25, 0.3) is 17.0 Å². The Morgan fingerprint density at radius 1 is 1.18 bits per heavy atom. The highest BCUT2D eigenvalue weighted by Gasteiger charge is 2.32. The first-order valence-electron chi connectivity index (χ1n) is 11.3. The van der Waals surface area contributed by atoms with Crippen molar-refractivity contribution in [1.82, 2.24) is 15.4 Å². The summed E-state index contributed by atoms with van der Waals surface area (Å²) in [6.07, 6.45) is 8.85. The molecule has 2 aromatic carbocycles. The molecular weight excluding hydrogens is 430 g/mol. The number of H-pyrrole nitrogens is 1. The number of carbonyl (C=O) groups is 2. The average Bonchev–Trinajstić information content (AvgIpc) is 3.63. The van der Waals surface area contributed by atoms with E-state index in [0.29, 0.717) is 12.3 Å². The summed E-state index contributed by atoms with van der Waals surface area (Å²) in [5.41, 5.74) is 6.99. The third-order valence-corrected chi connectivity index (χ3v) is 6.42. The third kappa shape index (κ3) is 4.25. The Morgan fingerprint density at radius 2 is 2.06 bits per heavy atom. The van der Waals surface area contributed by atoms with Gasteiger partial charge in [0.2, 0.25) is 0 Å². The Morgan fingerprint density at radius 3 is 2.88 bits per heavy atom. The summed E-state index contributed by atoms with van der Waals surface area (Å²) in [4.78, 5) is 30.0. The van der Waals surface area contributed by atoms with Crippen LogP contribution in [0, 0.1) is 0 Å². The van der Waals surface area contributed by atoms with Gasteiger partial charge in [0, 0.05) is 29.7 Å². The number of rotatable bonds is 7. The SMILES string of the molecule is O=C(C=Cc1ccc2c(c1)CCC2N(CCc1c[nH]c2ccccc12)C(=O)c1ccco1)NO. The topological polar surface area (TPSA) is 98.6 Å². The van der Waals surface area contributed by atoms with E-state index in [0.717, 1.165) is 41.5 Å². The number of furan rings is 1. The summed E-state index contributed by atoms with van der Waals surface area (Å²) < 4.78 is 5.45. The summed E-state index contributed by atoms with van der Waals surface area (Å²) in [6, 6.07) is 17.5. The number of hydrogen-bond acceptors (Lipinski definition) is 4. The van der Waals surface area contributed by atoms with Gasteiger partial charge in [-0.15, -0.1) is 0 Å². The molecule has 3 N–H and O–H groups in total. The van der Waals surface area contributed by atoms with Gasteiger partial charge in [0.25, 0.3) is 11.8 Å². The molecule has 34 heavy (non-hydrogen) atoms. The molecule has 5 rings (SSSR count). The maximum Gasteiger partial charge on any atom is 0.290 e. The minimum Gasteiger partial charge on any atom is -0.459 e. The summed E-state index contributed by atoms with van der Waals surface area (Å²) in [7, 11) is 0. The van der Waals surface area contributed by atoms with Gasteiger partial charge in [0.15, 0.2) is 5.76 Å². The van der Waals surface area contributed by atoms with Gasteiger partial charge in [-0.1, -0.05) is 36.4 Å². The molecule has 2 amide bonds. The number of para-hydroxylation sites is 1. The molecular formula is C27H25N3O4. The van der Waals surface area contributed by atoms with Crippen molar-refractivity contribution in [2.45, 2.75) is 25.3 Å². The molecule has 1 atom stereocenters. The number of carbonyl (C=O) groups excluding carboxylic acids is 2. The molecule has 1 aliphatic rings. The first-order valence-corrected chi connectivity index (χ1v) is 11.3. The van der Waals surface area contributed by atoms with E-state index in [1.165, 1.54) is 23.3 Å². The van der Waals surface area contributed by atoms with Gasteiger partial charge in [-0.2, -0.15) is 0 Å². The highest BCUT2D eigenvalue weighted by atomic mass is 16.5. The van der Waals surface area contributed by atoms with Gasteiger partial charge < -0.3 is 14.3 Å². The van der Waals surface area contributed by atoms with Crippen molar-refractivity contribution in [3.8, 4) is 0 Å². The van der Waals surface area contributed by atoms with E-state index in [-0.39, 0.29) is 11.9 Å². The highest BCUT2D eigenvalue weighted by molar-refractivity contribution is 5.92. The monoisotopic (exact) mass is 455 g/mol. The second-order valence-corrected chi connectivity index (χ2v) is 8.41. The van der Waals surface area contributed by atoms with Crippen LogP contribution in [0.1, 0.15) is 45.3 Å². The lowest BCUT2D eigenvalue weighted by Crippen LogP contribution is -2.35. The molecule has 4 aromatic rings. The average molecular weight is 456 g/mol. The Balaban J connectivity index is 1.42. The van der Waals surface area contributed by atoms with Crippen molar-refractivity contribution in [2.75, 3.05) is 6.54 Å². The highest BCUT2D eigenvalue weighted by Crippen LogP contribution is 2.37. The summed E-state index contributed by atoms with van der Waals surface area (Å²) in [5.74, 6) is -0.362. The number of benzene rings is 2. The molecule has 0 saturated carbocycles. The van der Waals surface area contributed by atoms with E-state index < -0.39 is 5.91 Å². The number of fused-ring (bicyclic) bond motifs is 2. The lowest BCUT2D eigenvalue weighted by Gasteiger charge is -2.29. The fourth-order valence-corrected chi connectivity index (χ4v) is 4.77. The molecule has 0 fully saturated rings. The van der Waals surface area contributed by atoms with Crippen molar-refractivity contribution in [3.63, 3.8) is 0 Å². The molecule has 0 radical (unpaired) electrons. The predicted octanol–water partition coefficient (Wildman–Crippen LogP) is 4.65. The standard InChI is InChI=1S/C27H25N3O4/c31-26(29-33)12-8-18-7-10-22-19(16-18)9-11-24(22)30(27(32)25-6-3-15-34-25)14-13-20-17-28-23-5-2-1-4-21(20)23/h1-8,10,12,15-17,24,28,33H,9,11,13-14H2,(H,29,31). The van der Waals surface area contributed by atoms with Crippen molar-refractivity contribution >= 4 is 28.8 Å². The van der Waals surface area contributed by atoms with E-state index in [9.17, 15) is 9.59 Å². The smallest absolute Gasteiger partial charge is 0.290 e. The number of amides is 2. The lowest BCUT2D eigenvalue weighted by atomic mass is 10.0. The summed E-state index contributed by atoms with van der Waals surface area (Å²) >= 11 is 0. The van der Waals surface area contributed by atoms with Crippen LogP contribution in [0.15, 0.2) is 77.6 Å². The Kier molecular flexibility index (Phi) is 6.01. The molecule has 7 nitrogen and oxygen atoms in total. The van der Waals surface area contributed by atoms with Crippen LogP contribution in [0.5, 0.6) is 0 Å². The minimum absolute atomic E-state index is 0.0587. The van der Waals surface area contributed by atoms with Gasteiger partial charge in [-0.25, -0.2) is 5.48 Å². The molecule has 2 heterocycles.